The van der Waals surface area contributed by atoms with Gasteiger partial charge < -0.3 is 39.1 Å². The number of carbonyl (C=O) groups is 2. The van der Waals surface area contributed by atoms with Gasteiger partial charge in [-0.3, -0.25) is 9.59 Å². The molecule has 10 nitrogen and oxygen atoms in total. The summed E-state index contributed by atoms with van der Waals surface area (Å²) in [6.07, 6.45) is 0.854. The van der Waals surface area contributed by atoms with Crippen molar-refractivity contribution >= 4 is 11.8 Å². The fourth-order valence-electron chi connectivity index (χ4n) is 3.04. The van der Waals surface area contributed by atoms with Crippen LogP contribution in [0, 0.1) is 5.92 Å². The molecule has 0 saturated heterocycles. The molecule has 2 amide bonds. The van der Waals surface area contributed by atoms with Crippen LogP contribution in [0.2, 0.25) is 0 Å². The van der Waals surface area contributed by atoms with E-state index < -0.39 is 0 Å². The van der Waals surface area contributed by atoms with Crippen molar-refractivity contribution in [3.05, 3.63) is 0 Å². The Bertz CT molecular complexity index is 527. The fourth-order valence-corrected chi connectivity index (χ4v) is 3.04. The van der Waals surface area contributed by atoms with Crippen LogP contribution in [0.5, 0.6) is 0 Å². The first kappa shape index (κ1) is 36.7. The number of nitrogens with one attached hydrogen (secondary N) is 2. The van der Waals surface area contributed by atoms with Gasteiger partial charge in [0.2, 0.25) is 11.8 Å². The van der Waals surface area contributed by atoms with E-state index in [1.807, 2.05) is 62.3 Å². The topological polar surface area (TPSA) is 114 Å². The quantitative estimate of drug-likeness (QED) is 0.177. The predicted octanol–water partition coefficient (Wildman–Crippen LogP) is 3.11. The lowest BCUT2D eigenvalue weighted by Gasteiger charge is -2.21. The average Bonchev–Trinajstić information content (AvgIpc) is 2.82. The second-order valence-corrected chi connectivity index (χ2v) is 10.8. The van der Waals surface area contributed by atoms with Crippen LogP contribution in [0.1, 0.15) is 75.2 Å². The molecule has 0 saturated carbocycles. The molecular weight excluding hydrogens is 492 g/mol. The summed E-state index contributed by atoms with van der Waals surface area (Å²) in [5.74, 6) is -0.0552. The van der Waals surface area contributed by atoms with Crippen LogP contribution in [-0.4, -0.2) is 101 Å². The second-order valence-electron chi connectivity index (χ2n) is 10.8. The molecule has 226 valence electrons. The van der Waals surface area contributed by atoms with Crippen molar-refractivity contribution in [1.82, 2.24) is 10.6 Å². The van der Waals surface area contributed by atoms with Crippen LogP contribution in [-0.2, 0) is 38.0 Å². The lowest BCUT2D eigenvalue weighted by molar-refractivity contribution is -0.125. The highest BCUT2D eigenvalue weighted by Gasteiger charge is 2.16. The molecule has 0 atom stereocenters. The molecule has 10 heteroatoms. The third kappa shape index (κ3) is 23.8. The fraction of sp³-hybridized carbons (Fsp3) is 0.929. The molecule has 0 aromatic rings. The number of carbonyl (C=O) groups excluding carboxylic acids is 2. The summed E-state index contributed by atoms with van der Waals surface area (Å²) in [6.45, 7) is 20.9. The van der Waals surface area contributed by atoms with Crippen LogP contribution >= 0.6 is 0 Å². The molecule has 0 rings (SSSR count). The third-order valence-corrected chi connectivity index (χ3v) is 5.00. The van der Waals surface area contributed by atoms with E-state index in [-0.39, 0.29) is 67.1 Å². The number of ether oxygens (including phenoxy) is 6. The highest BCUT2D eigenvalue weighted by atomic mass is 16.5. The van der Waals surface area contributed by atoms with Gasteiger partial charge >= 0.3 is 0 Å². The second kappa shape index (κ2) is 22.5. The number of hydrogen-bond acceptors (Lipinski definition) is 8. The first-order valence-corrected chi connectivity index (χ1v) is 14.1. The Morgan fingerprint density at radius 3 is 1.05 bits per heavy atom. The summed E-state index contributed by atoms with van der Waals surface area (Å²) < 4.78 is 33.9. The van der Waals surface area contributed by atoms with E-state index in [9.17, 15) is 9.59 Å². The zero-order valence-electron chi connectivity index (χ0n) is 25.4. The van der Waals surface area contributed by atoms with Gasteiger partial charge in [-0.2, -0.15) is 0 Å². The summed E-state index contributed by atoms with van der Waals surface area (Å²) in [5, 5.41) is 5.92. The Morgan fingerprint density at radius 2 is 0.789 bits per heavy atom. The monoisotopic (exact) mass is 548 g/mol. The Balaban J connectivity index is 4.10. The Morgan fingerprint density at radius 1 is 0.500 bits per heavy atom. The molecular formula is C28H56N2O8. The summed E-state index contributed by atoms with van der Waals surface area (Å²) in [5.41, 5.74) is 0. The largest absolute Gasteiger partial charge is 0.381 e. The predicted molar refractivity (Wildman–Crippen MR) is 148 cm³/mol. The molecule has 0 bridgehead atoms. The SMILES string of the molecule is CC(COCCC(=O)NC(COC(C)C)COC(C)C)COCCC(=O)NC(COC(C)C)COC(C)C. The number of hydrogen-bond donors (Lipinski definition) is 2. The summed E-state index contributed by atoms with van der Waals surface area (Å²) in [6, 6.07) is -0.393. The van der Waals surface area contributed by atoms with Crippen molar-refractivity contribution in [3.63, 3.8) is 0 Å². The Labute approximate surface area is 231 Å². The van der Waals surface area contributed by atoms with Gasteiger partial charge in [0.25, 0.3) is 0 Å². The smallest absolute Gasteiger partial charge is 0.222 e. The average molecular weight is 549 g/mol. The summed E-state index contributed by atoms with van der Waals surface area (Å²) in [7, 11) is 0. The first-order valence-electron chi connectivity index (χ1n) is 14.1. The molecule has 0 aliphatic rings. The lowest BCUT2D eigenvalue weighted by Crippen LogP contribution is -2.43. The van der Waals surface area contributed by atoms with E-state index in [0.29, 0.717) is 52.9 Å². The van der Waals surface area contributed by atoms with Crippen molar-refractivity contribution in [2.75, 3.05) is 52.9 Å². The minimum Gasteiger partial charge on any atom is -0.381 e. The minimum atomic E-state index is -0.197. The zero-order valence-corrected chi connectivity index (χ0v) is 25.4. The van der Waals surface area contributed by atoms with Crippen molar-refractivity contribution in [2.24, 2.45) is 5.92 Å². The van der Waals surface area contributed by atoms with Crippen LogP contribution in [0.3, 0.4) is 0 Å². The summed E-state index contributed by atoms with van der Waals surface area (Å²) in [4.78, 5) is 24.6. The van der Waals surface area contributed by atoms with Gasteiger partial charge in [0, 0.05) is 18.8 Å². The molecule has 38 heavy (non-hydrogen) atoms. The summed E-state index contributed by atoms with van der Waals surface area (Å²) >= 11 is 0. The zero-order chi connectivity index (χ0) is 28.9. The van der Waals surface area contributed by atoms with E-state index >= 15 is 0 Å². The minimum absolute atomic E-state index is 0.0837. The maximum Gasteiger partial charge on any atom is 0.222 e. The van der Waals surface area contributed by atoms with Crippen LogP contribution < -0.4 is 10.6 Å². The molecule has 0 spiro atoms. The van der Waals surface area contributed by atoms with Crippen molar-refractivity contribution in [1.29, 1.82) is 0 Å². The Kier molecular flexibility index (Phi) is 21.7. The van der Waals surface area contributed by atoms with E-state index in [1.165, 1.54) is 0 Å². The van der Waals surface area contributed by atoms with Gasteiger partial charge in [0.05, 0.1) is 89.4 Å². The van der Waals surface area contributed by atoms with Gasteiger partial charge in [0.15, 0.2) is 0 Å². The Hall–Kier alpha value is -1.30. The van der Waals surface area contributed by atoms with Crippen LogP contribution in [0.15, 0.2) is 0 Å². The molecule has 0 aliphatic carbocycles. The van der Waals surface area contributed by atoms with E-state index in [2.05, 4.69) is 10.6 Å². The molecule has 2 N–H and O–H groups in total. The first-order chi connectivity index (χ1) is 17.9. The molecule has 0 aromatic heterocycles. The van der Waals surface area contributed by atoms with Gasteiger partial charge in [-0.15, -0.1) is 0 Å². The number of rotatable bonds is 24. The van der Waals surface area contributed by atoms with Gasteiger partial charge in [-0.25, -0.2) is 0 Å². The molecule has 0 aliphatic heterocycles. The van der Waals surface area contributed by atoms with E-state index in [0.717, 1.165) is 0 Å². The molecule has 0 fully saturated rings. The standard InChI is InChI=1S/C28H56N2O8/c1-20(2)35-16-25(17-36-21(3)4)29-27(31)10-12-33-14-24(9)15-34-13-11-28(32)30-26(18-37-22(5)6)19-38-23(7)8/h20-26H,10-19H2,1-9H3,(H,29,31)(H,30,32). The molecule has 0 unspecified atom stereocenters. The number of amides is 2. The highest BCUT2D eigenvalue weighted by molar-refractivity contribution is 5.76. The van der Waals surface area contributed by atoms with Gasteiger partial charge in [-0.1, -0.05) is 6.92 Å². The van der Waals surface area contributed by atoms with Crippen molar-refractivity contribution in [2.45, 2.75) is 112 Å². The normalized spacial score (nSPS) is 12.2. The maximum atomic E-state index is 12.3. The highest BCUT2D eigenvalue weighted by Crippen LogP contribution is 2.02. The third-order valence-electron chi connectivity index (χ3n) is 5.00. The molecule has 0 heterocycles. The van der Waals surface area contributed by atoms with Gasteiger partial charge in [-0.05, 0) is 55.4 Å². The van der Waals surface area contributed by atoms with E-state index in [4.69, 9.17) is 28.4 Å². The van der Waals surface area contributed by atoms with Crippen molar-refractivity contribution in [3.8, 4) is 0 Å². The van der Waals surface area contributed by atoms with Crippen LogP contribution in [0.4, 0.5) is 0 Å². The lowest BCUT2D eigenvalue weighted by atomic mass is 10.2. The van der Waals surface area contributed by atoms with Crippen LogP contribution in [0.25, 0.3) is 0 Å². The molecule has 0 radical (unpaired) electrons. The maximum absolute atomic E-state index is 12.3. The van der Waals surface area contributed by atoms with Crippen molar-refractivity contribution < 1.29 is 38.0 Å². The molecule has 0 aromatic carbocycles. The van der Waals surface area contributed by atoms with Gasteiger partial charge in [0.1, 0.15) is 0 Å². The van der Waals surface area contributed by atoms with E-state index in [1.54, 1.807) is 0 Å².